The van der Waals surface area contributed by atoms with Gasteiger partial charge in [0.15, 0.2) is 23.9 Å². The number of fused-ring (bicyclic) bond motifs is 1. The maximum Gasteiger partial charge on any atom is 0.338 e. The molecule has 1 heterocycles. The second-order valence-corrected chi connectivity index (χ2v) is 7.58. The summed E-state index contributed by atoms with van der Waals surface area (Å²) in [5.41, 5.74) is 2.77. The number of benzene rings is 2. The summed E-state index contributed by atoms with van der Waals surface area (Å²) in [5, 5.41) is 2.75. The number of nitrogens with one attached hydrogen (secondary N) is 1. The van der Waals surface area contributed by atoms with Gasteiger partial charge in [0.1, 0.15) is 6.10 Å². The molecular weight excluding hydrogens is 398 g/mol. The van der Waals surface area contributed by atoms with Crippen LogP contribution in [-0.4, -0.2) is 44.0 Å². The molecule has 7 nitrogen and oxygen atoms in total. The van der Waals surface area contributed by atoms with Crippen LogP contribution in [0.15, 0.2) is 36.4 Å². The van der Waals surface area contributed by atoms with E-state index in [1.54, 1.807) is 24.3 Å². The van der Waals surface area contributed by atoms with Crippen LogP contribution in [-0.2, 0) is 22.4 Å². The molecule has 0 radical (unpaired) electrons. The maximum atomic E-state index is 12.5. The fraction of sp³-hybridized carbons (Fsp3) is 0.375. The Morgan fingerprint density at radius 2 is 1.87 bits per heavy atom. The normalized spacial score (nSPS) is 14.4. The second kappa shape index (κ2) is 10.1. The van der Waals surface area contributed by atoms with Crippen molar-refractivity contribution in [3.05, 3.63) is 58.7 Å². The lowest BCUT2D eigenvalue weighted by Gasteiger charge is -2.10. The summed E-state index contributed by atoms with van der Waals surface area (Å²) in [6.45, 7) is 3.71. The molecular formula is C24H27NO6. The van der Waals surface area contributed by atoms with Gasteiger partial charge in [-0.05, 0) is 37.5 Å². The molecule has 31 heavy (non-hydrogen) atoms. The van der Waals surface area contributed by atoms with E-state index in [2.05, 4.69) is 5.32 Å². The zero-order valence-corrected chi connectivity index (χ0v) is 18.0. The third kappa shape index (κ3) is 5.84. The Hall–Kier alpha value is -3.35. The minimum Gasteiger partial charge on any atom is -0.493 e. The van der Waals surface area contributed by atoms with Crippen molar-refractivity contribution in [2.24, 2.45) is 0 Å². The number of methoxy groups -OCH3 is 1. The molecule has 1 unspecified atom stereocenters. The number of ether oxygens (including phenoxy) is 3. The van der Waals surface area contributed by atoms with Crippen LogP contribution in [0.5, 0.6) is 11.5 Å². The first kappa shape index (κ1) is 22.3. The van der Waals surface area contributed by atoms with Crippen molar-refractivity contribution < 1.29 is 28.6 Å². The summed E-state index contributed by atoms with van der Waals surface area (Å²) in [6, 6.07) is 10.5. The molecule has 0 aliphatic carbocycles. The standard InChI is InChI=1S/C24H27NO6/c1-15-11-19-12-20(13-22(29-3)23(19)31-15)24(28)30-14-21(27)18-8-6-17(7-9-18)5-4-10-25-16(2)26/h6-9,12-13,15H,4-5,10-11,14H2,1-3H3,(H,25,26). The summed E-state index contributed by atoms with van der Waals surface area (Å²) in [6.07, 6.45) is 2.32. The molecule has 0 aromatic heterocycles. The quantitative estimate of drug-likeness (QED) is 0.377. The molecule has 7 heteroatoms. The molecule has 3 rings (SSSR count). The molecule has 1 amide bonds. The molecule has 0 saturated carbocycles. The summed E-state index contributed by atoms with van der Waals surface area (Å²) in [5.74, 6) is 0.234. The van der Waals surface area contributed by atoms with Gasteiger partial charge in [-0.1, -0.05) is 24.3 Å². The number of carbonyl (C=O) groups excluding carboxylic acids is 3. The summed E-state index contributed by atoms with van der Waals surface area (Å²) < 4.78 is 16.3. The molecule has 0 saturated heterocycles. The highest BCUT2D eigenvalue weighted by Crippen LogP contribution is 2.39. The van der Waals surface area contributed by atoms with Crippen molar-refractivity contribution in [3.8, 4) is 11.5 Å². The van der Waals surface area contributed by atoms with Crippen molar-refractivity contribution in [2.45, 2.75) is 39.2 Å². The summed E-state index contributed by atoms with van der Waals surface area (Å²) >= 11 is 0. The maximum absolute atomic E-state index is 12.5. The van der Waals surface area contributed by atoms with Gasteiger partial charge in [0.25, 0.3) is 0 Å². The van der Waals surface area contributed by atoms with Crippen molar-refractivity contribution in [1.29, 1.82) is 0 Å². The van der Waals surface area contributed by atoms with Gasteiger partial charge < -0.3 is 19.5 Å². The molecule has 0 spiro atoms. The monoisotopic (exact) mass is 425 g/mol. The lowest BCUT2D eigenvalue weighted by Crippen LogP contribution is -2.21. The van der Waals surface area contributed by atoms with Crippen LogP contribution in [0.4, 0.5) is 0 Å². The van der Waals surface area contributed by atoms with E-state index in [4.69, 9.17) is 14.2 Å². The fourth-order valence-electron chi connectivity index (χ4n) is 3.48. The van der Waals surface area contributed by atoms with Gasteiger partial charge in [-0.15, -0.1) is 0 Å². The highest BCUT2D eigenvalue weighted by atomic mass is 16.5. The van der Waals surface area contributed by atoms with Crippen molar-refractivity contribution in [3.63, 3.8) is 0 Å². The average molecular weight is 425 g/mol. The van der Waals surface area contributed by atoms with Gasteiger partial charge in [0.2, 0.25) is 5.91 Å². The lowest BCUT2D eigenvalue weighted by molar-refractivity contribution is -0.118. The number of aryl methyl sites for hydroxylation is 1. The Balaban J connectivity index is 1.54. The Bertz CT molecular complexity index is 967. The first-order valence-corrected chi connectivity index (χ1v) is 10.3. The molecule has 1 atom stereocenters. The largest absolute Gasteiger partial charge is 0.493 e. The molecule has 1 aliphatic heterocycles. The van der Waals surface area contributed by atoms with Gasteiger partial charge in [-0.2, -0.15) is 0 Å². The Morgan fingerprint density at radius 1 is 1.13 bits per heavy atom. The first-order chi connectivity index (χ1) is 14.9. The smallest absolute Gasteiger partial charge is 0.338 e. The summed E-state index contributed by atoms with van der Waals surface area (Å²) in [7, 11) is 1.52. The fourth-order valence-corrected chi connectivity index (χ4v) is 3.48. The van der Waals surface area contributed by atoms with E-state index in [0.29, 0.717) is 35.6 Å². The van der Waals surface area contributed by atoms with Crippen molar-refractivity contribution >= 4 is 17.7 Å². The number of hydrogen-bond acceptors (Lipinski definition) is 6. The SMILES string of the molecule is COc1cc(C(=O)OCC(=O)c2ccc(CCCNC(C)=O)cc2)cc2c1OC(C)C2. The van der Waals surface area contributed by atoms with E-state index in [9.17, 15) is 14.4 Å². The molecule has 2 aromatic rings. The van der Waals surface area contributed by atoms with E-state index in [-0.39, 0.29) is 24.4 Å². The Labute approximate surface area is 181 Å². The van der Waals surface area contributed by atoms with Crippen LogP contribution < -0.4 is 14.8 Å². The van der Waals surface area contributed by atoms with Crippen LogP contribution in [0, 0.1) is 0 Å². The number of ketones is 1. The topological polar surface area (TPSA) is 90.9 Å². The predicted molar refractivity (Wildman–Crippen MR) is 115 cm³/mol. The molecule has 1 aliphatic rings. The van der Waals surface area contributed by atoms with E-state index in [1.807, 2.05) is 19.1 Å². The van der Waals surface area contributed by atoms with E-state index in [0.717, 1.165) is 24.0 Å². The van der Waals surface area contributed by atoms with Crippen LogP contribution >= 0.6 is 0 Å². The number of amides is 1. The predicted octanol–water partition coefficient (Wildman–Crippen LogP) is 3.13. The molecule has 0 fully saturated rings. The van der Waals surface area contributed by atoms with Gasteiger partial charge in [0.05, 0.1) is 12.7 Å². The van der Waals surface area contributed by atoms with E-state index in [1.165, 1.54) is 14.0 Å². The third-order valence-corrected chi connectivity index (χ3v) is 5.04. The van der Waals surface area contributed by atoms with Gasteiger partial charge >= 0.3 is 5.97 Å². The van der Waals surface area contributed by atoms with Crippen LogP contribution in [0.3, 0.4) is 0 Å². The lowest BCUT2D eigenvalue weighted by atomic mass is 10.0. The second-order valence-electron chi connectivity index (χ2n) is 7.58. The average Bonchev–Trinajstić information content (AvgIpc) is 3.14. The number of rotatable bonds is 9. The van der Waals surface area contributed by atoms with E-state index >= 15 is 0 Å². The number of hydrogen-bond donors (Lipinski definition) is 1. The van der Waals surface area contributed by atoms with Gasteiger partial charge in [-0.25, -0.2) is 4.79 Å². The van der Waals surface area contributed by atoms with Crippen molar-refractivity contribution in [2.75, 3.05) is 20.3 Å². The minimum absolute atomic E-state index is 0.0186. The third-order valence-electron chi connectivity index (χ3n) is 5.04. The highest BCUT2D eigenvalue weighted by Gasteiger charge is 2.26. The van der Waals surface area contributed by atoms with Gasteiger partial charge in [0, 0.05) is 31.0 Å². The molecule has 164 valence electrons. The Morgan fingerprint density at radius 3 is 2.55 bits per heavy atom. The van der Waals surface area contributed by atoms with E-state index < -0.39 is 5.97 Å². The Kier molecular flexibility index (Phi) is 7.28. The summed E-state index contributed by atoms with van der Waals surface area (Å²) in [4.78, 5) is 35.8. The zero-order chi connectivity index (χ0) is 22.4. The highest BCUT2D eigenvalue weighted by molar-refractivity contribution is 5.99. The number of carbonyl (C=O) groups is 3. The van der Waals surface area contributed by atoms with Crippen LogP contribution in [0.1, 0.15) is 52.1 Å². The minimum atomic E-state index is -0.580. The first-order valence-electron chi connectivity index (χ1n) is 10.3. The number of Topliss-reactive ketones (excluding diaryl/α,β-unsaturated/α-hetero) is 1. The molecule has 1 N–H and O–H groups in total. The van der Waals surface area contributed by atoms with Gasteiger partial charge in [-0.3, -0.25) is 9.59 Å². The number of esters is 1. The van der Waals surface area contributed by atoms with Crippen molar-refractivity contribution in [1.82, 2.24) is 5.32 Å². The van der Waals surface area contributed by atoms with Crippen LogP contribution in [0.25, 0.3) is 0 Å². The molecule has 2 aromatic carbocycles. The van der Waals surface area contributed by atoms with Crippen LogP contribution in [0.2, 0.25) is 0 Å². The molecule has 0 bridgehead atoms. The zero-order valence-electron chi connectivity index (χ0n) is 18.0.